The summed E-state index contributed by atoms with van der Waals surface area (Å²) in [5.74, 6) is 0.454. The summed E-state index contributed by atoms with van der Waals surface area (Å²) in [5.41, 5.74) is 7.40. The number of ether oxygens (including phenoxy) is 4. The van der Waals surface area contributed by atoms with E-state index in [1.807, 2.05) is 6.07 Å². The van der Waals surface area contributed by atoms with Gasteiger partial charge in [-0.25, -0.2) is 4.79 Å². The smallest absolute Gasteiger partial charge is 0.340 e. The number of esters is 1. The van der Waals surface area contributed by atoms with Gasteiger partial charge >= 0.3 is 5.97 Å². The van der Waals surface area contributed by atoms with Gasteiger partial charge in [-0.05, 0) is 31.0 Å². The van der Waals surface area contributed by atoms with Crippen LogP contribution >= 0.6 is 0 Å². The first-order valence-corrected chi connectivity index (χ1v) is 8.60. The van der Waals surface area contributed by atoms with E-state index in [4.69, 9.17) is 24.7 Å². The average Bonchev–Trinajstić information content (AvgIpc) is 3.08. The van der Waals surface area contributed by atoms with E-state index in [0.717, 1.165) is 0 Å². The van der Waals surface area contributed by atoms with Crippen molar-refractivity contribution in [2.75, 3.05) is 13.4 Å². The molecule has 1 aromatic rings. The molecule has 4 rings (SSSR count). The van der Waals surface area contributed by atoms with Crippen molar-refractivity contribution in [2.45, 2.75) is 32.1 Å². The highest BCUT2D eigenvalue weighted by Crippen LogP contribution is 2.46. The van der Waals surface area contributed by atoms with Crippen molar-refractivity contribution in [3.63, 3.8) is 0 Å². The number of nitrogens with two attached hydrogens (primary N) is 1. The predicted molar refractivity (Wildman–Crippen MR) is 90.1 cm³/mol. The molecule has 26 heavy (non-hydrogen) atoms. The lowest BCUT2D eigenvalue weighted by molar-refractivity contribution is -0.139. The molecule has 0 saturated carbocycles. The molecule has 7 heteroatoms. The summed E-state index contributed by atoms with van der Waals surface area (Å²) in [4.78, 5) is 25.2. The molecule has 1 atom stereocenters. The van der Waals surface area contributed by atoms with Crippen LogP contribution in [0, 0.1) is 0 Å². The van der Waals surface area contributed by atoms with Crippen molar-refractivity contribution in [3.8, 4) is 11.5 Å². The van der Waals surface area contributed by atoms with Crippen LogP contribution in [0.1, 0.15) is 37.7 Å². The van der Waals surface area contributed by atoms with E-state index in [1.54, 1.807) is 19.1 Å². The Morgan fingerprint density at radius 1 is 1.27 bits per heavy atom. The summed E-state index contributed by atoms with van der Waals surface area (Å²) in [6.45, 7) is 2.05. The molecule has 7 nitrogen and oxygen atoms in total. The number of carbonyl (C=O) groups excluding carboxylic acids is 2. The third-order valence-corrected chi connectivity index (χ3v) is 4.71. The van der Waals surface area contributed by atoms with Crippen LogP contribution in [0.15, 0.2) is 41.0 Å². The monoisotopic (exact) mass is 357 g/mol. The molecular formula is C19H19NO6. The molecule has 0 aromatic heterocycles. The number of allylic oxidation sites excluding steroid dienone is 2. The SMILES string of the molecule is CCOC(=O)C1=C(N)OC2=C(C(=O)CCC2)[C@@H]1c1ccc2c(c1)OCO2. The van der Waals surface area contributed by atoms with Crippen LogP contribution in [0.25, 0.3) is 0 Å². The van der Waals surface area contributed by atoms with Crippen LogP contribution in [0.3, 0.4) is 0 Å². The van der Waals surface area contributed by atoms with Crippen LogP contribution in [-0.2, 0) is 19.1 Å². The van der Waals surface area contributed by atoms with Crippen molar-refractivity contribution in [1.82, 2.24) is 0 Å². The number of carbonyl (C=O) groups is 2. The third-order valence-electron chi connectivity index (χ3n) is 4.71. The van der Waals surface area contributed by atoms with Gasteiger partial charge in [0.2, 0.25) is 12.7 Å². The number of rotatable bonds is 3. The quantitative estimate of drug-likeness (QED) is 0.829. The van der Waals surface area contributed by atoms with E-state index in [-0.39, 0.29) is 30.6 Å². The zero-order chi connectivity index (χ0) is 18.3. The molecule has 2 aliphatic heterocycles. The number of fused-ring (bicyclic) bond motifs is 1. The normalized spacial score (nSPS) is 21.4. The van der Waals surface area contributed by atoms with Gasteiger partial charge in [0.1, 0.15) is 11.3 Å². The molecule has 136 valence electrons. The zero-order valence-corrected chi connectivity index (χ0v) is 14.4. The topological polar surface area (TPSA) is 97.1 Å². The molecule has 2 N–H and O–H groups in total. The Bertz CT molecular complexity index is 854. The molecule has 0 spiro atoms. The molecule has 0 amide bonds. The molecular weight excluding hydrogens is 338 g/mol. The molecule has 3 aliphatic rings. The first kappa shape index (κ1) is 16.5. The molecule has 2 heterocycles. The third kappa shape index (κ3) is 2.60. The van der Waals surface area contributed by atoms with Crippen molar-refractivity contribution >= 4 is 11.8 Å². The molecule has 1 aliphatic carbocycles. The molecule has 1 aromatic carbocycles. The van der Waals surface area contributed by atoms with E-state index in [2.05, 4.69) is 0 Å². The maximum atomic E-state index is 12.7. The fourth-order valence-corrected chi connectivity index (χ4v) is 3.59. The second-order valence-corrected chi connectivity index (χ2v) is 6.26. The van der Waals surface area contributed by atoms with E-state index >= 15 is 0 Å². The maximum absolute atomic E-state index is 12.7. The average molecular weight is 357 g/mol. The van der Waals surface area contributed by atoms with Crippen molar-refractivity contribution < 1.29 is 28.5 Å². The summed E-state index contributed by atoms with van der Waals surface area (Å²) in [6.07, 6.45) is 1.73. The predicted octanol–water partition coefficient (Wildman–Crippen LogP) is 2.27. The zero-order valence-electron chi connectivity index (χ0n) is 14.4. The number of ketones is 1. The summed E-state index contributed by atoms with van der Waals surface area (Å²) in [5, 5.41) is 0. The van der Waals surface area contributed by atoms with E-state index < -0.39 is 11.9 Å². The Hall–Kier alpha value is -2.96. The van der Waals surface area contributed by atoms with Gasteiger partial charge < -0.3 is 24.7 Å². The fraction of sp³-hybridized carbons (Fsp3) is 0.368. The number of hydrogen-bond donors (Lipinski definition) is 1. The molecule has 0 radical (unpaired) electrons. The second-order valence-electron chi connectivity index (χ2n) is 6.26. The lowest BCUT2D eigenvalue weighted by atomic mass is 9.77. The minimum absolute atomic E-state index is 0.0143. The van der Waals surface area contributed by atoms with Crippen LogP contribution in [0.5, 0.6) is 11.5 Å². The van der Waals surface area contributed by atoms with Gasteiger partial charge in [-0.3, -0.25) is 4.79 Å². The van der Waals surface area contributed by atoms with E-state index in [9.17, 15) is 9.59 Å². The molecule has 0 unspecified atom stereocenters. The number of Topliss-reactive ketones (excluding diaryl/α,β-unsaturated/α-hetero) is 1. The van der Waals surface area contributed by atoms with Gasteiger partial charge in [0.25, 0.3) is 0 Å². The molecule has 0 fully saturated rings. The highest BCUT2D eigenvalue weighted by Gasteiger charge is 2.41. The van der Waals surface area contributed by atoms with E-state index in [1.165, 1.54) is 0 Å². The highest BCUT2D eigenvalue weighted by atomic mass is 16.7. The van der Waals surface area contributed by atoms with Crippen LogP contribution in [0.4, 0.5) is 0 Å². The maximum Gasteiger partial charge on any atom is 0.340 e. The minimum Gasteiger partial charge on any atom is -0.462 e. The minimum atomic E-state index is -0.639. The summed E-state index contributed by atoms with van der Waals surface area (Å²) in [7, 11) is 0. The summed E-state index contributed by atoms with van der Waals surface area (Å²) < 4.78 is 21.6. The van der Waals surface area contributed by atoms with E-state index in [0.29, 0.717) is 47.7 Å². The molecule has 0 bridgehead atoms. The standard InChI is InChI=1S/C19H19NO6/c1-2-23-19(22)17-15(10-6-7-12-14(8-10)25-9-24-12)16-11(21)4-3-5-13(16)26-18(17)20/h6-8,15H,2-5,9,20H2,1H3/t15-/m0/s1. The van der Waals surface area contributed by atoms with Gasteiger partial charge in [0.05, 0.1) is 12.5 Å². The van der Waals surface area contributed by atoms with Gasteiger partial charge in [-0.1, -0.05) is 6.07 Å². The highest BCUT2D eigenvalue weighted by molar-refractivity contribution is 6.03. The van der Waals surface area contributed by atoms with Crippen LogP contribution < -0.4 is 15.2 Å². The summed E-state index contributed by atoms with van der Waals surface area (Å²) in [6, 6.07) is 5.35. The Balaban J connectivity index is 1.86. The number of benzene rings is 1. The first-order valence-electron chi connectivity index (χ1n) is 8.60. The Labute approximate surface area is 150 Å². The molecule has 0 saturated heterocycles. The van der Waals surface area contributed by atoms with Crippen LogP contribution in [0.2, 0.25) is 0 Å². The lowest BCUT2D eigenvalue weighted by Crippen LogP contribution is -2.31. The van der Waals surface area contributed by atoms with Gasteiger partial charge in [0.15, 0.2) is 17.3 Å². The number of hydrogen-bond acceptors (Lipinski definition) is 7. The largest absolute Gasteiger partial charge is 0.462 e. The lowest BCUT2D eigenvalue weighted by Gasteiger charge is -2.32. The van der Waals surface area contributed by atoms with Crippen molar-refractivity contribution in [3.05, 3.63) is 46.6 Å². The van der Waals surface area contributed by atoms with Crippen molar-refractivity contribution in [1.29, 1.82) is 0 Å². The Kier molecular flexibility index (Phi) is 4.06. The fourth-order valence-electron chi connectivity index (χ4n) is 3.59. The Morgan fingerprint density at radius 2 is 2.08 bits per heavy atom. The Morgan fingerprint density at radius 3 is 2.88 bits per heavy atom. The van der Waals surface area contributed by atoms with Gasteiger partial charge in [-0.15, -0.1) is 0 Å². The van der Waals surface area contributed by atoms with Crippen molar-refractivity contribution in [2.24, 2.45) is 5.73 Å². The van der Waals surface area contributed by atoms with Gasteiger partial charge in [-0.2, -0.15) is 0 Å². The van der Waals surface area contributed by atoms with Gasteiger partial charge in [0, 0.05) is 18.4 Å². The summed E-state index contributed by atoms with van der Waals surface area (Å²) >= 11 is 0. The van der Waals surface area contributed by atoms with Crippen LogP contribution in [-0.4, -0.2) is 25.2 Å². The first-order chi connectivity index (χ1) is 12.6. The second kappa shape index (κ2) is 6.40.